The molecule has 0 unspecified atom stereocenters. The van der Waals surface area contributed by atoms with E-state index in [9.17, 15) is 4.79 Å². The van der Waals surface area contributed by atoms with E-state index in [1.807, 2.05) is 78.9 Å². The van der Waals surface area contributed by atoms with Crippen molar-refractivity contribution >= 4 is 70.1 Å². The molecule has 0 aliphatic rings. The molecule has 0 aliphatic carbocycles. The van der Waals surface area contributed by atoms with Crippen LogP contribution in [0, 0.1) is 0 Å². The van der Waals surface area contributed by atoms with Crippen LogP contribution >= 0.6 is 11.3 Å². The Balaban J connectivity index is 1.50. The minimum Gasteiger partial charge on any atom is -0.276 e. The third-order valence-corrected chi connectivity index (χ3v) is 8.81. The SMILES string of the molecule is O=c1c2ccccc2sc2nc3ccc4c5ccccc5n(-c5nc(-c6ccccc6)c6ccccc6n5)c4c3n12. The molecule has 0 atom stereocenters. The van der Waals surface area contributed by atoms with Gasteiger partial charge in [0.05, 0.1) is 33.1 Å². The number of aromatic nitrogens is 5. The van der Waals surface area contributed by atoms with Gasteiger partial charge in [0, 0.05) is 26.4 Å². The number of fused-ring (bicyclic) bond motifs is 9. The third-order valence-electron chi connectivity index (χ3n) is 7.78. The smallest absolute Gasteiger partial charge is 0.266 e. The van der Waals surface area contributed by atoms with E-state index < -0.39 is 0 Å². The van der Waals surface area contributed by atoms with E-state index in [-0.39, 0.29) is 5.56 Å². The van der Waals surface area contributed by atoms with Gasteiger partial charge in [0.15, 0.2) is 4.96 Å². The second-order valence-corrected chi connectivity index (χ2v) is 11.1. The number of hydrogen-bond donors (Lipinski definition) is 0. The summed E-state index contributed by atoms with van der Waals surface area (Å²) in [5, 5.41) is 3.75. The first-order valence-electron chi connectivity index (χ1n) is 13.3. The van der Waals surface area contributed by atoms with Crippen LogP contribution in [-0.4, -0.2) is 23.9 Å². The quantitative estimate of drug-likeness (QED) is 0.223. The third kappa shape index (κ3) is 3.12. The molecular formula is C34H19N5OS. The maximum absolute atomic E-state index is 14.0. The molecule has 0 bridgehead atoms. The summed E-state index contributed by atoms with van der Waals surface area (Å²) in [4.78, 5) is 29.9. The Morgan fingerprint density at radius 2 is 1.29 bits per heavy atom. The van der Waals surface area contributed by atoms with Crippen molar-refractivity contribution in [3.05, 3.63) is 126 Å². The molecule has 0 saturated heterocycles. The largest absolute Gasteiger partial charge is 0.276 e. The number of benzene rings is 5. The van der Waals surface area contributed by atoms with Gasteiger partial charge in [0.2, 0.25) is 5.95 Å². The van der Waals surface area contributed by atoms with Gasteiger partial charge in [-0.25, -0.2) is 19.4 Å². The predicted molar refractivity (Wildman–Crippen MR) is 167 cm³/mol. The van der Waals surface area contributed by atoms with Gasteiger partial charge in [-0.3, -0.25) is 9.36 Å². The van der Waals surface area contributed by atoms with Crippen molar-refractivity contribution in [3.63, 3.8) is 0 Å². The summed E-state index contributed by atoms with van der Waals surface area (Å²) in [6.07, 6.45) is 0. The van der Waals surface area contributed by atoms with Crippen LogP contribution in [0.4, 0.5) is 0 Å². The fourth-order valence-corrected chi connectivity index (χ4v) is 7.00. The zero-order chi connectivity index (χ0) is 27.1. The minimum atomic E-state index is -0.0782. The van der Waals surface area contributed by atoms with Gasteiger partial charge in [-0.15, -0.1) is 0 Å². The van der Waals surface area contributed by atoms with Crippen molar-refractivity contribution in [2.45, 2.75) is 0 Å². The number of imidazole rings is 1. The molecule has 5 aromatic carbocycles. The Morgan fingerprint density at radius 3 is 2.17 bits per heavy atom. The predicted octanol–water partition coefficient (Wildman–Crippen LogP) is 7.77. The van der Waals surface area contributed by atoms with Crippen LogP contribution in [0.15, 0.2) is 120 Å². The molecule has 9 rings (SSSR count). The number of rotatable bonds is 2. The Hall–Kier alpha value is -5.40. The van der Waals surface area contributed by atoms with Crippen molar-refractivity contribution in [3.8, 4) is 17.2 Å². The highest BCUT2D eigenvalue weighted by Gasteiger charge is 2.22. The molecule has 4 aromatic heterocycles. The van der Waals surface area contributed by atoms with Crippen LogP contribution in [0.3, 0.4) is 0 Å². The van der Waals surface area contributed by atoms with Crippen molar-refractivity contribution in [2.24, 2.45) is 0 Å². The van der Waals surface area contributed by atoms with Crippen LogP contribution in [0.25, 0.3) is 76.0 Å². The summed E-state index contributed by atoms with van der Waals surface area (Å²) in [5.74, 6) is 0.549. The molecule has 0 aliphatic heterocycles. The number of para-hydroxylation sites is 2. The molecule has 0 amide bonds. The molecule has 7 heteroatoms. The molecule has 9 aromatic rings. The summed E-state index contributed by atoms with van der Waals surface area (Å²) >= 11 is 1.52. The van der Waals surface area contributed by atoms with Crippen molar-refractivity contribution < 1.29 is 0 Å². The topological polar surface area (TPSA) is 65.1 Å². The van der Waals surface area contributed by atoms with Gasteiger partial charge in [0.1, 0.15) is 5.52 Å². The van der Waals surface area contributed by atoms with Crippen LogP contribution < -0.4 is 5.56 Å². The van der Waals surface area contributed by atoms with Crippen molar-refractivity contribution in [1.29, 1.82) is 0 Å². The lowest BCUT2D eigenvalue weighted by Crippen LogP contribution is -2.12. The molecule has 0 fully saturated rings. The van der Waals surface area contributed by atoms with E-state index in [1.165, 1.54) is 11.3 Å². The Bertz CT molecular complexity index is 2560. The van der Waals surface area contributed by atoms with E-state index in [2.05, 4.69) is 41.0 Å². The maximum atomic E-state index is 14.0. The molecule has 0 radical (unpaired) electrons. The zero-order valence-electron chi connectivity index (χ0n) is 21.5. The van der Waals surface area contributed by atoms with Gasteiger partial charge in [-0.05, 0) is 36.4 Å². The normalized spacial score (nSPS) is 12.0. The monoisotopic (exact) mass is 545 g/mol. The first-order chi connectivity index (χ1) is 20.3. The molecule has 0 spiro atoms. The van der Waals surface area contributed by atoms with Gasteiger partial charge in [-0.1, -0.05) is 90.2 Å². The Kier molecular flexibility index (Phi) is 4.54. The average Bonchev–Trinajstić information content (AvgIpc) is 3.57. The van der Waals surface area contributed by atoms with Gasteiger partial charge in [0.25, 0.3) is 5.56 Å². The fraction of sp³-hybridized carbons (Fsp3) is 0. The van der Waals surface area contributed by atoms with Gasteiger partial charge in [-0.2, -0.15) is 0 Å². The average molecular weight is 546 g/mol. The molecule has 0 N–H and O–H groups in total. The minimum absolute atomic E-state index is 0.0782. The molecular weight excluding hydrogens is 526 g/mol. The molecule has 192 valence electrons. The zero-order valence-corrected chi connectivity index (χ0v) is 22.3. The van der Waals surface area contributed by atoms with Crippen LogP contribution in [0.2, 0.25) is 0 Å². The van der Waals surface area contributed by atoms with Crippen molar-refractivity contribution in [2.75, 3.05) is 0 Å². The fourth-order valence-electron chi connectivity index (χ4n) is 5.99. The van der Waals surface area contributed by atoms with Crippen LogP contribution in [-0.2, 0) is 0 Å². The molecule has 41 heavy (non-hydrogen) atoms. The standard InChI is InChI=1S/C34H19N5OS/c40-32-24-14-6-9-17-28(24)41-34-36-26-19-18-22-21-12-5-8-16-27(21)38(30(22)31(26)39(32)34)33-35-25-15-7-4-13-23(25)29(37-33)20-10-2-1-3-11-20/h1-19H. The van der Waals surface area contributed by atoms with Crippen molar-refractivity contribution in [1.82, 2.24) is 23.9 Å². The lowest BCUT2D eigenvalue weighted by molar-refractivity contribution is 1.01. The molecule has 0 saturated carbocycles. The first-order valence-corrected chi connectivity index (χ1v) is 14.2. The summed E-state index contributed by atoms with van der Waals surface area (Å²) in [5.41, 5.74) is 6.01. The maximum Gasteiger partial charge on any atom is 0.266 e. The second kappa shape index (κ2) is 8.30. The molecule has 4 heterocycles. The van der Waals surface area contributed by atoms with Crippen LogP contribution in [0.1, 0.15) is 0 Å². The highest BCUT2D eigenvalue weighted by molar-refractivity contribution is 7.23. The highest BCUT2D eigenvalue weighted by Crippen LogP contribution is 2.38. The lowest BCUT2D eigenvalue weighted by Gasteiger charge is -2.12. The van der Waals surface area contributed by atoms with E-state index in [4.69, 9.17) is 15.0 Å². The Morgan fingerprint density at radius 1 is 0.561 bits per heavy atom. The van der Waals surface area contributed by atoms with Gasteiger partial charge >= 0.3 is 0 Å². The van der Waals surface area contributed by atoms with E-state index in [0.717, 1.165) is 59.7 Å². The van der Waals surface area contributed by atoms with E-state index in [1.54, 1.807) is 4.40 Å². The van der Waals surface area contributed by atoms with Crippen LogP contribution in [0.5, 0.6) is 0 Å². The summed E-state index contributed by atoms with van der Waals surface area (Å²) in [7, 11) is 0. The second-order valence-electron chi connectivity index (χ2n) is 10.1. The van der Waals surface area contributed by atoms with E-state index in [0.29, 0.717) is 16.3 Å². The number of hydrogen-bond acceptors (Lipinski definition) is 5. The van der Waals surface area contributed by atoms with Gasteiger partial charge < -0.3 is 0 Å². The first kappa shape index (κ1) is 22.4. The number of nitrogens with zero attached hydrogens (tertiary/aromatic N) is 5. The summed E-state index contributed by atoms with van der Waals surface area (Å²) in [6, 6.07) is 38.4. The highest BCUT2D eigenvalue weighted by atomic mass is 32.1. The summed E-state index contributed by atoms with van der Waals surface area (Å²) < 4.78 is 4.78. The molecule has 6 nitrogen and oxygen atoms in total. The van der Waals surface area contributed by atoms with E-state index >= 15 is 0 Å². The summed E-state index contributed by atoms with van der Waals surface area (Å²) in [6.45, 7) is 0. The lowest BCUT2D eigenvalue weighted by atomic mass is 10.1. The Labute approximate surface area is 236 Å².